The minimum Gasteiger partial charge on any atom is -0.474 e. The van der Waals surface area contributed by atoms with Gasteiger partial charge in [-0.3, -0.25) is 4.79 Å². The second kappa shape index (κ2) is 7.46. The summed E-state index contributed by atoms with van der Waals surface area (Å²) < 4.78 is 7.11. The average Bonchev–Trinajstić information content (AvgIpc) is 2.55. The molecule has 0 aliphatic carbocycles. The Morgan fingerprint density at radius 1 is 1.17 bits per heavy atom. The minimum absolute atomic E-state index is 0.0959. The molecule has 0 unspecified atom stereocenters. The lowest BCUT2D eigenvalue weighted by atomic mass is 10.1. The Labute approximate surface area is 155 Å². The van der Waals surface area contributed by atoms with Gasteiger partial charge in [-0.25, -0.2) is 4.98 Å². The smallest absolute Gasteiger partial charge is 0.253 e. The number of ether oxygens (including phenoxy) is 1. The molecule has 1 aromatic heterocycles. The molecule has 5 nitrogen and oxygen atoms in total. The number of carbonyl (C=O) groups excluding carboxylic acids is 1. The van der Waals surface area contributed by atoms with Gasteiger partial charge in [0.2, 0.25) is 5.88 Å². The number of benzene rings is 1. The molecule has 0 bridgehead atoms. The van der Waals surface area contributed by atoms with E-state index in [1.807, 2.05) is 49.1 Å². The van der Waals surface area contributed by atoms with E-state index in [-0.39, 0.29) is 12.0 Å². The minimum atomic E-state index is 0.0959. The van der Waals surface area contributed by atoms with Crippen LogP contribution in [-0.2, 0) is 0 Å². The standard InChI is InChI=1S/C18H20IN3O2/c1-12-11-17(21-13(2)20-12)24-16-7-9-22(10-8-16)18(23)14-3-5-15(19)6-4-14/h3-6,11,16H,7-10H2,1-2H3. The van der Waals surface area contributed by atoms with Crippen LogP contribution in [0.2, 0.25) is 0 Å². The molecule has 1 aliphatic heterocycles. The predicted octanol–water partition coefficient (Wildman–Crippen LogP) is 3.38. The Bertz CT molecular complexity index is 705. The highest BCUT2D eigenvalue weighted by atomic mass is 127. The van der Waals surface area contributed by atoms with Crippen molar-refractivity contribution >= 4 is 28.5 Å². The number of halogens is 1. The van der Waals surface area contributed by atoms with Crippen molar-refractivity contribution in [2.45, 2.75) is 32.8 Å². The highest BCUT2D eigenvalue weighted by Crippen LogP contribution is 2.20. The first kappa shape index (κ1) is 17.1. The molecular weight excluding hydrogens is 417 g/mol. The number of nitrogens with zero attached hydrogens (tertiary/aromatic N) is 3. The van der Waals surface area contributed by atoms with Gasteiger partial charge in [-0.05, 0) is 60.7 Å². The van der Waals surface area contributed by atoms with Crippen molar-refractivity contribution in [1.29, 1.82) is 0 Å². The van der Waals surface area contributed by atoms with Crippen molar-refractivity contribution in [1.82, 2.24) is 14.9 Å². The number of likely N-dealkylation sites (tertiary alicyclic amines) is 1. The van der Waals surface area contributed by atoms with Gasteiger partial charge in [0.1, 0.15) is 11.9 Å². The summed E-state index contributed by atoms with van der Waals surface area (Å²) in [7, 11) is 0. The van der Waals surface area contributed by atoms with Gasteiger partial charge in [0.05, 0.1) is 0 Å². The molecule has 3 rings (SSSR count). The van der Waals surface area contributed by atoms with E-state index in [4.69, 9.17) is 4.74 Å². The number of aryl methyl sites for hydroxylation is 2. The van der Waals surface area contributed by atoms with E-state index in [9.17, 15) is 4.79 Å². The molecule has 1 fully saturated rings. The van der Waals surface area contributed by atoms with Gasteiger partial charge in [0.15, 0.2) is 0 Å². The summed E-state index contributed by atoms with van der Waals surface area (Å²) in [4.78, 5) is 23.0. The molecule has 2 heterocycles. The first-order valence-electron chi connectivity index (χ1n) is 8.05. The van der Waals surface area contributed by atoms with Gasteiger partial charge < -0.3 is 9.64 Å². The molecule has 126 valence electrons. The zero-order valence-electron chi connectivity index (χ0n) is 13.8. The Morgan fingerprint density at radius 2 is 1.83 bits per heavy atom. The van der Waals surface area contributed by atoms with Crippen molar-refractivity contribution in [3.05, 3.63) is 51.0 Å². The highest BCUT2D eigenvalue weighted by molar-refractivity contribution is 14.1. The maximum Gasteiger partial charge on any atom is 0.253 e. The number of hydrogen-bond acceptors (Lipinski definition) is 4. The maximum atomic E-state index is 12.5. The lowest BCUT2D eigenvalue weighted by molar-refractivity contribution is 0.0587. The van der Waals surface area contributed by atoms with Crippen LogP contribution in [0.15, 0.2) is 30.3 Å². The summed E-state index contributed by atoms with van der Waals surface area (Å²) in [6.07, 6.45) is 1.73. The van der Waals surface area contributed by atoms with E-state index in [1.165, 1.54) is 0 Å². The number of carbonyl (C=O) groups is 1. The van der Waals surface area contributed by atoms with E-state index >= 15 is 0 Å². The van der Waals surface area contributed by atoms with Crippen LogP contribution in [0.3, 0.4) is 0 Å². The van der Waals surface area contributed by atoms with Crippen molar-refractivity contribution < 1.29 is 9.53 Å². The van der Waals surface area contributed by atoms with Crippen molar-refractivity contribution in [3.63, 3.8) is 0 Å². The predicted molar refractivity (Wildman–Crippen MR) is 100 cm³/mol. The average molecular weight is 437 g/mol. The fourth-order valence-electron chi connectivity index (χ4n) is 2.87. The molecular formula is C18H20IN3O2. The van der Waals surface area contributed by atoms with Gasteiger partial charge >= 0.3 is 0 Å². The lowest BCUT2D eigenvalue weighted by Crippen LogP contribution is -2.41. The van der Waals surface area contributed by atoms with Gasteiger partial charge in [0.25, 0.3) is 5.91 Å². The molecule has 0 spiro atoms. The Kier molecular flexibility index (Phi) is 5.33. The van der Waals surface area contributed by atoms with E-state index < -0.39 is 0 Å². The molecule has 1 aromatic carbocycles. The van der Waals surface area contributed by atoms with Gasteiger partial charge in [-0.1, -0.05) is 0 Å². The number of hydrogen-bond donors (Lipinski definition) is 0. The third kappa shape index (κ3) is 4.23. The summed E-state index contributed by atoms with van der Waals surface area (Å²) in [5.74, 6) is 1.44. The topological polar surface area (TPSA) is 55.3 Å². The number of amides is 1. The van der Waals surface area contributed by atoms with Gasteiger partial charge in [-0.2, -0.15) is 4.98 Å². The molecule has 2 aromatic rings. The van der Waals surface area contributed by atoms with Crippen molar-refractivity contribution in [2.75, 3.05) is 13.1 Å². The summed E-state index contributed by atoms with van der Waals surface area (Å²) in [6.45, 7) is 5.21. The van der Waals surface area contributed by atoms with Crippen LogP contribution in [0.25, 0.3) is 0 Å². The van der Waals surface area contributed by atoms with Crippen LogP contribution in [-0.4, -0.2) is 40.0 Å². The monoisotopic (exact) mass is 437 g/mol. The van der Waals surface area contributed by atoms with E-state index in [0.29, 0.717) is 19.0 Å². The largest absolute Gasteiger partial charge is 0.474 e. The van der Waals surface area contributed by atoms with Crippen molar-refractivity contribution in [2.24, 2.45) is 0 Å². The molecule has 0 atom stereocenters. The second-order valence-electron chi connectivity index (χ2n) is 6.01. The van der Waals surface area contributed by atoms with Crippen LogP contribution >= 0.6 is 22.6 Å². The molecule has 0 saturated carbocycles. The molecule has 1 saturated heterocycles. The molecule has 24 heavy (non-hydrogen) atoms. The van der Waals surface area contributed by atoms with Crippen LogP contribution in [0, 0.1) is 17.4 Å². The Hall–Kier alpha value is -1.70. The molecule has 0 N–H and O–H groups in total. The number of rotatable bonds is 3. The van der Waals surface area contributed by atoms with Crippen LogP contribution in [0.5, 0.6) is 5.88 Å². The van der Waals surface area contributed by atoms with Gasteiger partial charge in [0, 0.05) is 46.8 Å². The Balaban J connectivity index is 1.57. The third-order valence-corrected chi connectivity index (χ3v) is 4.77. The zero-order chi connectivity index (χ0) is 17.1. The molecule has 1 amide bonds. The van der Waals surface area contributed by atoms with Crippen LogP contribution in [0.4, 0.5) is 0 Å². The highest BCUT2D eigenvalue weighted by Gasteiger charge is 2.25. The van der Waals surface area contributed by atoms with E-state index in [2.05, 4.69) is 32.6 Å². The van der Waals surface area contributed by atoms with Crippen LogP contribution in [0.1, 0.15) is 34.7 Å². The lowest BCUT2D eigenvalue weighted by Gasteiger charge is -2.32. The molecule has 0 radical (unpaired) electrons. The molecule has 6 heteroatoms. The summed E-state index contributed by atoms with van der Waals surface area (Å²) in [5.41, 5.74) is 1.65. The normalized spacial score (nSPS) is 15.4. The van der Waals surface area contributed by atoms with Gasteiger partial charge in [-0.15, -0.1) is 0 Å². The van der Waals surface area contributed by atoms with E-state index in [1.54, 1.807) is 0 Å². The fraction of sp³-hybridized carbons (Fsp3) is 0.389. The zero-order valence-corrected chi connectivity index (χ0v) is 16.0. The second-order valence-corrected chi connectivity index (χ2v) is 7.26. The third-order valence-electron chi connectivity index (χ3n) is 4.05. The quantitative estimate of drug-likeness (QED) is 0.692. The first-order chi connectivity index (χ1) is 11.5. The first-order valence-corrected chi connectivity index (χ1v) is 9.13. The number of piperidine rings is 1. The SMILES string of the molecule is Cc1cc(OC2CCN(C(=O)c3ccc(I)cc3)CC2)nc(C)n1. The molecule has 1 aliphatic rings. The summed E-state index contributed by atoms with van der Waals surface area (Å²) >= 11 is 2.24. The Morgan fingerprint density at radius 3 is 2.46 bits per heavy atom. The van der Waals surface area contributed by atoms with E-state index in [0.717, 1.165) is 33.5 Å². The van der Waals surface area contributed by atoms with Crippen molar-refractivity contribution in [3.8, 4) is 5.88 Å². The van der Waals surface area contributed by atoms with Crippen LogP contribution < -0.4 is 4.74 Å². The summed E-state index contributed by atoms with van der Waals surface area (Å²) in [6, 6.07) is 9.56. The maximum absolute atomic E-state index is 12.5. The number of aromatic nitrogens is 2. The summed E-state index contributed by atoms with van der Waals surface area (Å²) in [5, 5.41) is 0. The fourth-order valence-corrected chi connectivity index (χ4v) is 3.23.